The summed E-state index contributed by atoms with van der Waals surface area (Å²) < 4.78 is 14.7. The van der Waals surface area contributed by atoms with Gasteiger partial charge in [0.1, 0.15) is 0 Å². The van der Waals surface area contributed by atoms with Crippen LogP contribution in [0.3, 0.4) is 0 Å². The molecule has 1 aliphatic rings. The van der Waals surface area contributed by atoms with E-state index < -0.39 is 11.5 Å². The lowest BCUT2D eigenvalue weighted by Gasteiger charge is -2.31. The number of aryl methyl sites for hydroxylation is 1. The number of carbonyl (C=O) groups is 1. The van der Waals surface area contributed by atoms with Gasteiger partial charge < -0.3 is 0 Å². The molecular formula is C16H22FNO. The number of rotatable bonds is 4. The zero-order valence-corrected chi connectivity index (χ0v) is 11.8. The average Bonchev–Trinajstić information content (AvgIpc) is 2.39. The van der Waals surface area contributed by atoms with Crippen LogP contribution in [0.4, 0.5) is 4.39 Å². The third kappa shape index (κ3) is 3.63. The predicted octanol–water partition coefficient (Wildman–Crippen LogP) is 3.39. The SMILES string of the molecule is Cc1ccc(C(=O)C(C)(F)CN2CCCCC2)cc1. The lowest BCUT2D eigenvalue weighted by Crippen LogP contribution is -2.45. The van der Waals surface area contributed by atoms with Crippen molar-refractivity contribution in [3.63, 3.8) is 0 Å². The molecule has 1 aromatic rings. The molecule has 0 aromatic heterocycles. The van der Waals surface area contributed by atoms with E-state index in [1.165, 1.54) is 13.3 Å². The molecule has 1 fully saturated rings. The summed E-state index contributed by atoms with van der Waals surface area (Å²) in [6.45, 7) is 5.38. The summed E-state index contributed by atoms with van der Waals surface area (Å²) in [4.78, 5) is 14.3. The van der Waals surface area contributed by atoms with Gasteiger partial charge in [0.25, 0.3) is 0 Å². The van der Waals surface area contributed by atoms with Crippen molar-refractivity contribution < 1.29 is 9.18 Å². The number of ketones is 1. The Morgan fingerprint density at radius 2 is 1.79 bits per heavy atom. The third-order valence-corrected chi connectivity index (χ3v) is 3.76. The molecule has 104 valence electrons. The Morgan fingerprint density at radius 1 is 1.21 bits per heavy atom. The van der Waals surface area contributed by atoms with Gasteiger partial charge in [-0.15, -0.1) is 0 Å². The summed E-state index contributed by atoms with van der Waals surface area (Å²) in [7, 11) is 0. The molecule has 0 bridgehead atoms. The first-order valence-corrected chi connectivity index (χ1v) is 7.02. The Labute approximate surface area is 114 Å². The minimum Gasteiger partial charge on any atom is -0.300 e. The highest BCUT2D eigenvalue weighted by atomic mass is 19.1. The second kappa shape index (κ2) is 5.83. The number of alkyl halides is 1. The van der Waals surface area contributed by atoms with Crippen molar-refractivity contribution in [3.8, 4) is 0 Å². The van der Waals surface area contributed by atoms with Crippen molar-refractivity contribution >= 4 is 5.78 Å². The Hall–Kier alpha value is -1.22. The molecule has 1 heterocycles. The molecule has 1 aromatic carbocycles. The number of hydrogen-bond acceptors (Lipinski definition) is 2. The average molecular weight is 263 g/mol. The number of nitrogens with zero attached hydrogens (tertiary/aromatic N) is 1. The second-order valence-corrected chi connectivity index (χ2v) is 5.73. The Kier molecular flexibility index (Phi) is 4.35. The van der Waals surface area contributed by atoms with Gasteiger partial charge in [0.15, 0.2) is 5.67 Å². The van der Waals surface area contributed by atoms with E-state index >= 15 is 0 Å². The van der Waals surface area contributed by atoms with Crippen molar-refractivity contribution in [3.05, 3.63) is 35.4 Å². The van der Waals surface area contributed by atoms with Gasteiger partial charge in [-0.3, -0.25) is 9.69 Å². The summed E-state index contributed by atoms with van der Waals surface area (Å²) in [6, 6.07) is 7.13. The predicted molar refractivity (Wildman–Crippen MR) is 75.3 cm³/mol. The van der Waals surface area contributed by atoms with Gasteiger partial charge in [-0.05, 0) is 39.8 Å². The molecule has 0 aliphatic carbocycles. The van der Waals surface area contributed by atoms with Crippen LogP contribution in [-0.4, -0.2) is 36.0 Å². The molecule has 0 saturated carbocycles. The van der Waals surface area contributed by atoms with Crippen LogP contribution in [0.5, 0.6) is 0 Å². The number of halogens is 1. The van der Waals surface area contributed by atoms with Gasteiger partial charge in [-0.25, -0.2) is 4.39 Å². The Morgan fingerprint density at radius 3 is 2.37 bits per heavy atom. The first-order valence-electron chi connectivity index (χ1n) is 7.02. The summed E-state index contributed by atoms with van der Waals surface area (Å²) in [6.07, 6.45) is 3.43. The van der Waals surface area contributed by atoms with Crippen molar-refractivity contribution in [2.75, 3.05) is 19.6 Å². The largest absolute Gasteiger partial charge is 0.300 e. The van der Waals surface area contributed by atoms with E-state index in [1.54, 1.807) is 12.1 Å². The summed E-state index contributed by atoms with van der Waals surface area (Å²) in [5, 5.41) is 0. The van der Waals surface area contributed by atoms with Crippen molar-refractivity contribution in [1.82, 2.24) is 4.90 Å². The Bertz CT molecular complexity index is 433. The van der Waals surface area contributed by atoms with E-state index in [-0.39, 0.29) is 6.54 Å². The third-order valence-electron chi connectivity index (χ3n) is 3.76. The maximum atomic E-state index is 14.7. The van der Waals surface area contributed by atoms with Crippen LogP contribution < -0.4 is 0 Å². The molecule has 3 heteroatoms. The smallest absolute Gasteiger partial charge is 0.201 e. The topological polar surface area (TPSA) is 20.3 Å². The molecule has 0 spiro atoms. The van der Waals surface area contributed by atoms with Crippen molar-refractivity contribution in [2.45, 2.75) is 38.8 Å². The van der Waals surface area contributed by atoms with Crippen LogP contribution in [0.1, 0.15) is 42.1 Å². The zero-order valence-electron chi connectivity index (χ0n) is 11.8. The van der Waals surface area contributed by atoms with Crippen molar-refractivity contribution in [1.29, 1.82) is 0 Å². The fourth-order valence-electron chi connectivity index (χ4n) is 2.62. The normalized spacial score (nSPS) is 19.9. The molecule has 2 nitrogen and oxygen atoms in total. The van der Waals surface area contributed by atoms with Gasteiger partial charge >= 0.3 is 0 Å². The molecular weight excluding hydrogens is 241 g/mol. The summed E-state index contributed by atoms with van der Waals surface area (Å²) >= 11 is 0. The lowest BCUT2D eigenvalue weighted by atomic mass is 9.94. The maximum absolute atomic E-state index is 14.7. The van der Waals surface area contributed by atoms with E-state index in [0.29, 0.717) is 5.56 Å². The number of benzene rings is 1. The number of Topliss-reactive ketones (excluding diaryl/α,β-unsaturated/α-hetero) is 1. The standard InChI is InChI=1S/C16H22FNO/c1-13-6-8-14(9-7-13)15(19)16(2,17)12-18-10-4-3-5-11-18/h6-9H,3-5,10-12H2,1-2H3. The molecule has 1 aliphatic heterocycles. The summed E-state index contributed by atoms with van der Waals surface area (Å²) in [5.74, 6) is -0.405. The van der Waals surface area contributed by atoms with Gasteiger partial charge in [-0.2, -0.15) is 0 Å². The first kappa shape index (κ1) is 14.2. The maximum Gasteiger partial charge on any atom is 0.201 e. The molecule has 0 radical (unpaired) electrons. The number of likely N-dealkylation sites (tertiary alicyclic amines) is 1. The van der Waals surface area contributed by atoms with Crippen LogP contribution in [0, 0.1) is 6.92 Å². The highest BCUT2D eigenvalue weighted by Crippen LogP contribution is 2.22. The van der Waals surface area contributed by atoms with Gasteiger partial charge in [0.05, 0.1) is 0 Å². The minimum atomic E-state index is -1.80. The minimum absolute atomic E-state index is 0.208. The van der Waals surface area contributed by atoms with Crippen LogP contribution >= 0.6 is 0 Å². The van der Waals surface area contributed by atoms with Crippen LogP contribution in [0.2, 0.25) is 0 Å². The molecule has 2 rings (SSSR count). The molecule has 19 heavy (non-hydrogen) atoms. The fourth-order valence-corrected chi connectivity index (χ4v) is 2.62. The van der Waals surface area contributed by atoms with E-state index in [4.69, 9.17) is 0 Å². The molecule has 0 N–H and O–H groups in total. The molecule has 1 saturated heterocycles. The second-order valence-electron chi connectivity index (χ2n) is 5.73. The summed E-state index contributed by atoms with van der Waals surface area (Å²) in [5.41, 5.74) is -0.257. The van der Waals surface area contributed by atoms with Gasteiger partial charge in [0, 0.05) is 12.1 Å². The molecule has 1 atom stereocenters. The number of carbonyl (C=O) groups excluding carboxylic acids is 1. The highest BCUT2D eigenvalue weighted by Gasteiger charge is 2.35. The fraction of sp³-hybridized carbons (Fsp3) is 0.562. The quantitative estimate of drug-likeness (QED) is 0.776. The van der Waals surface area contributed by atoms with Crippen LogP contribution in [-0.2, 0) is 0 Å². The van der Waals surface area contributed by atoms with Crippen molar-refractivity contribution in [2.24, 2.45) is 0 Å². The Balaban J connectivity index is 2.05. The van der Waals surface area contributed by atoms with E-state index in [0.717, 1.165) is 31.5 Å². The van der Waals surface area contributed by atoms with E-state index in [1.807, 2.05) is 19.1 Å². The zero-order chi connectivity index (χ0) is 13.9. The van der Waals surface area contributed by atoms with E-state index in [9.17, 15) is 9.18 Å². The van der Waals surface area contributed by atoms with E-state index in [2.05, 4.69) is 4.90 Å². The lowest BCUT2D eigenvalue weighted by molar-refractivity contribution is 0.0576. The number of piperidine rings is 1. The number of hydrogen-bond donors (Lipinski definition) is 0. The highest BCUT2D eigenvalue weighted by molar-refractivity contribution is 6.02. The first-order chi connectivity index (χ1) is 8.99. The van der Waals surface area contributed by atoms with Gasteiger partial charge in [0.2, 0.25) is 5.78 Å². The van der Waals surface area contributed by atoms with Crippen LogP contribution in [0.15, 0.2) is 24.3 Å². The molecule has 0 amide bonds. The monoisotopic (exact) mass is 263 g/mol. The molecule has 1 unspecified atom stereocenters. The van der Waals surface area contributed by atoms with Crippen LogP contribution in [0.25, 0.3) is 0 Å². The van der Waals surface area contributed by atoms with Gasteiger partial charge in [-0.1, -0.05) is 36.2 Å².